The molecule has 3 aliphatic rings. The molecule has 1 aromatic carbocycles. The smallest absolute Gasteiger partial charge is 0.252 e. The number of nitrogens with one attached hydrogen (secondary N) is 1. The van der Waals surface area contributed by atoms with Crippen LogP contribution in [-0.2, 0) is 18.3 Å². The molecule has 2 aromatic rings. The van der Waals surface area contributed by atoms with Gasteiger partial charge in [0.2, 0.25) is 0 Å². The summed E-state index contributed by atoms with van der Waals surface area (Å²) in [4.78, 5) is 18.1. The molecular weight excluding hydrogens is 384 g/mol. The summed E-state index contributed by atoms with van der Waals surface area (Å²) in [6.45, 7) is 2.06. The van der Waals surface area contributed by atoms with Gasteiger partial charge in [-0.2, -0.15) is 0 Å². The van der Waals surface area contributed by atoms with Crippen LogP contribution >= 0.6 is 11.6 Å². The number of aromatic nitrogens is 1. The average molecular weight is 413 g/mol. The summed E-state index contributed by atoms with van der Waals surface area (Å²) in [7, 11) is 0. The molecule has 1 atom stereocenters. The molecule has 1 unspecified atom stereocenters. The van der Waals surface area contributed by atoms with E-state index in [4.69, 9.17) is 11.6 Å². The summed E-state index contributed by atoms with van der Waals surface area (Å²) in [6.07, 6.45) is 8.18. The molecule has 5 rings (SSSR count). The van der Waals surface area contributed by atoms with E-state index < -0.39 is 0 Å². The summed E-state index contributed by atoms with van der Waals surface area (Å²) < 4.78 is 0. The molecule has 1 aliphatic heterocycles. The maximum Gasteiger partial charge on any atom is 0.252 e. The fourth-order valence-corrected chi connectivity index (χ4v) is 6.46. The zero-order valence-corrected chi connectivity index (χ0v) is 17.6. The molecule has 0 radical (unpaired) electrons. The number of nitrogens with zero attached hydrogens (tertiary/aromatic N) is 1. The highest BCUT2D eigenvalue weighted by Gasteiger charge is 2.46. The molecule has 0 bridgehead atoms. The largest absolute Gasteiger partial charge is 0.396 e. The SMILES string of the molecule is O=c1[nH]c(N2CCC3(CC2)CC(CCO)c2cccc(Cl)c23)cc2c1CCCC2. The van der Waals surface area contributed by atoms with Crippen molar-refractivity contribution in [2.75, 3.05) is 24.6 Å². The van der Waals surface area contributed by atoms with Crippen LogP contribution in [0.3, 0.4) is 0 Å². The van der Waals surface area contributed by atoms with Crippen molar-refractivity contribution in [2.45, 2.75) is 62.7 Å². The van der Waals surface area contributed by atoms with Gasteiger partial charge in [0.1, 0.15) is 5.82 Å². The third-order valence-electron chi connectivity index (χ3n) is 7.53. The van der Waals surface area contributed by atoms with Crippen molar-refractivity contribution in [1.82, 2.24) is 4.98 Å². The normalized spacial score (nSPS) is 22.6. The third kappa shape index (κ3) is 3.21. The molecule has 2 heterocycles. The topological polar surface area (TPSA) is 56.3 Å². The van der Waals surface area contributed by atoms with Crippen molar-refractivity contribution in [3.8, 4) is 0 Å². The Morgan fingerprint density at radius 2 is 2.00 bits per heavy atom. The second kappa shape index (κ2) is 7.48. The fraction of sp³-hybridized carbons (Fsp3) is 0.542. The highest BCUT2D eigenvalue weighted by atomic mass is 35.5. The summed E-state index contributed by atoms with van der Waals surface area (Å²) in [5, 5.41) is 10.4. The first-order valence-corrected chi connectivity index (χ1v) is 11.4. The van der Waals surface area contributed by atoms with Crippen LogP contribution in [-0.4, -0.2) is 29.8 Å². The maximum absolute atomic E-state index is 12.6. The summed E-state index contributed by atoms with van der Waals surface area (Å²) in [5.41, 5.74) is 5.10. The number of halogens is 1. The number of aliphatic hydroxyl groups excluding tert-OH is 1. The van der Waals surface area contributed by atoms with Gasteiger partial charge in [-0.1, -0.05) is 23.7 Å². The Balaban J connectivity index is 1.41. The monoisotopic (exact) mass is 412 g/mol. The molecule has 1 fully saturated rings. The van der Waals surface area contributed by atoms with Crippen LogP contribution in [0.1, 0.15) is 66.7 Å². The third-order valence-corrected chi connectivity index (χ3v) is 7.84. The molecule has 1 aromatic heterocycles. The van der Waals surface area contributed by atoms with Crippen LogP contribution in [0.25, 0.3) is 0 Å². The number of aromatic amines is 1. The van der Waals surface area contributed by atoms with Crippen LogP contribution in [0, 0.1) is 0 Å². The highest BCUT2D eigenvalue weighted by Crippen LogP contribution is 2.55. The number of piperidine rings is 1. The average Bonchev–Trinajstić information content (AvgIpc) is 3.03. The van der Waals surface area contributed by atoms with Crippen molar-refractivity contribution >= 4 is 17.4 Å². The zero-order chi connectivity index (χ0) is 20.0. The van der Waals surface area contributed by atoms with Crippen LogP contribution < -0.4 is 10.5 Å². The van der Waals surface area contributed by atoms with Gasteiger partial charge in [-0.25, -0.2) is 0 Å². The number of fused-ring (bicyclic) bond motifs is 3. The van der Waals surface area contributed by atoms with E-state index in [-0.39, 0.29) is 17.6 Å². The number of H-pyrrole nitrogens is 1. The molecule has 5 heteroatoms. The van der Waals surface area contributed by atoms with Gasteiger partial charge >= 0.3 is 0 Å². The van der Waals surface area contributed by atoms with Crippen molar-refractivity contribution in [3.05, 3.63) is 61.9 Å². The van der Waals surface area contributed by atoms with E-state index >= 15 is 0 Å². The second-order valence-electron chi connectivity index (χ2n) is 9.08. The predicted octanol–water partition coefficient (Wildman–Crippen LogP) is 4.32. The van der Waals surface area contributed by atoms with E-state index in [9.17, 15) is 9.90 Å². The van der Waals surface area contributed by atoms with Crippen LogP contribution in [0.4, 0.5) is 5.82 Å². The number of rotatable bonds is 3. The Morgan fingerprint density at radius 3 is 2.79 bits per heavy atom. The number of aryl methyl sites for hydroxylation is 1. The van der Waals surface area contributed by atoms with Gasteiger partial charge in [0.05, 0.1) is 0 Å². The first-order valence-electron chi connectivity index (χ1n) is 11.0. The van der Waals surface area contributed by atoms with E-state index in [0.717, 1.165) is 74.4 Å². The second-order valence-corrected chi connectivity index (χ2v) is 9.49. The van der Waals surface area contributed by atoms with Crippen molar-refractivity contribution < 1.29 is 5.11 Å². The Kier molecular flexibility index (Phi) is 4.95. The van der Waals surface area contributed by atoms with E-state index in [1.807, 2.05) is 12.1 Å². The molecular formula is C24H29ClN2O2. The number of pyridine rings is 1. The number of benzene rings is 1. The van der Waals surface area contributed by atoms with Gasteiger partial charge in [0.15, 0.2) is 0 Å². The first kappa shape index (κ1) is 19.2. The standard InChI is InChI=1S/C24H29ClN2O2/c25-20-7-3-6-18-17(8-13-28)15-24(22(18)20)9-11-27(12-10-24)21-14-16-4-1-2-5-19(16)23(29)26-21/h3,6-7,14,17,28H,1-2,4-5,8-13,15H2,(H,26,29). The molecule has 2 aliphatic carbocycles. The molecule has 4 nitrogen and oxygen atoms in total. The van der Waals surface area contributed by atoms with Gasteiger partial charge in [-0.3, -0.25) is 4.79 Å². The summed E-state index contributed by atoms with van der Waals surface area (Å²) >= 11 is 6.69. The van der Waals surface area contributed by atoms with Crippen molar-refractivity contribution in [2.24, 2.45) is 0 Å². The number of anilines is 1. The van der Waals surface area contributed by atoms with E-state index in [0.29, 0.717) is 5.92 Å². The molecule has 154 valence electrons. The minimum absolute atomic E-state index is 0.0957. The predicted molar refractivity (Wildman–Crippen MR) is 117 cm³/mol. The van der Waals surface area contributed by atoms with E-state index in [1.54, 1.807) is 0 Å². The molecule has 1 saturated heterocycles. The number of hydrogen-bond acceptors (Lipinski definition) is 3. The van der Waals surface area contributed by atoms with Crippen LogP contribution in [0.2, 0.25) is 5.02 Å². The lowest BCUT2D eigenvalue weighted by Gasteiger charge is -2.41. The summed E-state index contributed by atoms with van der Waals surface area (Å²) in [6, 6.07) is 8.47. The van der Waals surface area contributed by atoms with Gasteiger partial charge in [-0.05, 0) is 86.1 Å². The van der Waals surface area contributed by atoms with Crippen LogP contribution in [0.15, 0.2) is 29.1 Å². The minimum atomic E-state index is 0.0957. The van der Waals surface area contributed by atoms with Gasteiger partial charge < -0.3 is 15.0 Å². The summed E-state index contributed by atoms with van der Waals surface area (Å²) in [5.74, 6) is 1.37. The molecule has 0 amide bonds. The van der Waals surface area contributed by atoms with E-state index in [2.05, 4.69) is 22.0 Å². The first-order chi connectivity index (χ1) is 14.1. The number of hydrogen-bond donors (Lipinski definition) is 2. The Morgan fingerprint density at radius 1 is 1.21 bits per heavy atom. The Labute approximate surface area is 176 Å². The van der Waals surface area contributed by atoms with Crippen molar-refractivity contribution in [3.63, 3.8) is 0 Å². The maximum atomic E-state index is 12.6. The fourth-order valence-electron chi connectivity index (χ4n) is 6.08. The highest BCUT2D eigenvalue weighted by molar-refractivity contribution is 6.31. The van der Waals surface area contributed by atoms with Gasteiger partial charge in [0, 0.05) is 35.7 Å². The minimum Gasteiger partial charge on any atom is -0.396 e. The Hall–Kier alpha value is -1.78. The molecule has 1 spiro atoms. The lowest BCUT2D eigenvalue weighted by molar-refractivity contribution is 0.255. The quantitative estimate of drug-likeness (QED) is 0.789. The molecule has 0 saturated carbocycles. The molecule has 29 heavy (non-hydrogen) atoms. The lowest BCUT2D eigenvalue weighted by Crippen LogP contribution is -2.43. The Bertz CT molecular complexity index is 975. The lowest BCUT2D eigenvalue weighted by atomic mass is 9.73. The zero-order valence-electron chi connectivity index (χ0n) is 16.8. The van der Waals surface area contributed by atoms with Crippen molar-refractivity contribution in [1.29, 1.82) is 0 Å². The van der Waals surface area contributed by atoms with E-state index in [1.165, 1.54) is 23.1 Å². The van der Waals surface area contributed by atoms with Crippen LogP contribution in [0.5, 0.6) is 0 Å². The van der Waals surface area contributed by atoms with Gasteiger partial charge in [-0.15, -0.1) is 0 Å². The van der Waals surface area contributed by atoms with Gasteiger partial charge in [0.25, 0.3) is 5.56 Å². The number of aliphatic hydroxyl groups is 1. The molecule has 2 N–H and O–H groups in total.